The third-order valence-electron chi connectivity index (χ3n) is 7.79. The molecule has 53 heavy (non-hydrogen) atoms. The van der Waals surface area contributed by atoms with Gasteiger partial charge in [-0.1, -0.05) is 36.4 Å². The third kappa shape index (κ3) is 11.1. The lowest BCUT2D eigenvalue weighted by Gasteiger charge is -2.08. The zero-order valence-corrected chi connectivity index (χ0v) is 30.2. The number of alkyl halides is 7. The summed E-state index contributed by atoms with van der Waals surface area (Å²) in [6, 6.07) is 17.2. The number of ketones is 1. The zero-order valence-electron chi connectivity index (χ0n) is 29.5. The first-order valence-corrected chi connectivity index (χ1v) is 16.7. The second-order valence-corrected chi connectivity index (χ2v) is 11.8. The Morgan fingerprint density at radius 1 is 0.660 bits per heavy atom. The molecule has 0 bridgehead atoms. The van der Waals surface area contributed by atoms with E-state index in [2.05, 4.69) is 21.6 Å². The van der Waals surface area contributed by atoms with E-state index in [4.69, 9.17) is 10.8 Å². The van der Waals surface area contributed by atoms with Crippen molar-refractivity contribution in [1.29, 1.82) is 0 Å². The Kier molecular flexibility index (Phi) is 14.3. The van der Waals surface area contributed by atoms with Gasteiger partial charge in [0.1, 0.15) is 17.0 Å². The van der Waals surface area contributed by atoms with Crippen LogP contribution in [0.4, 0.5) is 26.3 Å². The van der Waals surface area contributed by atoms with E-state index in [1.165, 1.54) is 30.6 Å². The second-order valence-electron chi connectivity index (χ2n) is 11.8. The summed E-state index contributed by atoms with van der Waals surface area (Å²) in [5.74, 6) is -1.02. The van der Waals surface area contributed by atoms with Gasteiger partial charge in [-0.05, 0) is 92.8 Å². The fraction of sp³-hybridized carbons (Fsp3) is 0.263. The Balaban J connectivity index is 0.000000228. The minimum atomic E-state index is -4.35. The van der Waals surface area contributed by atoms with Gasteiger partial charge in [0.25, 0.3) is 0 Å². The van der Waals surface area contributed by atoms with Gasteiger partial charge in [0.2, 0.25) is 0 Å². The normalized spacial score (nSPS) is 11.2. The highest BCUT2D eigenvalue weighted by molar-refractivity contribution is 6.15. The van der Waals surface area contributed by atoms with Crippen molar-refractivity contribution in [2.24, 2.45) is 5.73 Å². The summed E-state index contributed by atoms with van der Waals surface area (Å²) in [4.78, 5) is 32.1. The quantitative estimate of drug-likeness (QED) is 0.0993. The molecule has 0 aliphatic carbocycles. The standard InChI is InChI=1S/C19H17F3N2O.C10H10N2O2.C8H8F3N.CH3Cl/c1-12-3-10-17-23-13(2)18(24(17)11-12)16(25)9-6-14-4-7-15(8-5-14)19(20,21)22;1-6-3-4-8-11-7(2)9(10(13)14)12(8)5-6;9-8(10,11)7-3-1-6(5-12)2-4-7;1-2/h3-5,7-8,10-11H,6,9H2,1-2H3;3-5H,1-2H3,(H,13,14);1-4H,5,12H2;1H3. The zero-order chi connectivity index (χ0) is 39.7. The Morgan fingerprint density at radius 3 is 1.45 bits per heavy atom. The number of aromatic nitrogens is 4. The van der Waals surface area contributed by atoms with Crippen LogP contribution in [0, 0.1) is 27.7 Å². The number of nitrogens with zero attached hydrogens (tertiary/aromatic N) is 4. The second kappa shape index (κ2) is 18.0. The lowest BCUT2D eigenvalue weighted by Crippen LogP contribution is -2.08. The molecular formula is C38H38ClF6N5O3. The number of pyridine rings is 2. The van der Waals surface area contributed by atoms with E-state index in [1.807, 2.05) is 44.3 Å². The number of carboxylic acids is 1. The first kappa shape index (κ1) is 42.2. The summed E-state index contributed by atoms with van der Waals surface area (Å²) in [5.41, 5.74) is 10.7. The summed E-state index contributed by atoms with van der Waals surface area (Å²) in [6.07, 6.45) is -2.89. The van der Waals surface area contributed by atoms with Gasteiger partial charge in [0.05, 0.1) is 22.5 Å². The molecule has 4 heterocycles. The summed E-state index contributed by atoms with van der Waals surface area (Å²) in [6.45, 7) is 7.60. The van der Waals surface area contributed by atoms with Crippen molar-refractivity contribution >= 4 is 34.6 Å². The molecule has 0 radical (unpaired) electrons. The molecule has 2 aromatic carbocycles. The van der Waals surface area contributed by atoms with E-state index in [9.17, 15) is 35.9 Å². The lowest BCUT2D eigenvalue weighted by atomic mass is 10.0. The summed E-state index contributed by atoms with van der Waals surface area (Å²) < 4.78 is 77.1. The minimum absolute atomic E-state index is 0.0736. The van der Waals surface area contributed by atoms with Crippen molar-refractivity contribution in [2.45, 2.75) is 59.4 Å². The van der Waals surface area contributed by atoms with Crippen LogP contribution in [0.1, 0.15) is 72.2 Å². The first-order valence-electron chi connectivity index (χ1n) is 16.0. The van der Waals surface area contributed by atoms with Gasteiger partial charge in [-0.25, -0.2) is 14.8 Å². The van der Waals surface area contributed by atoms with Gasteiger partial charge in [-0.3, -0.25) is 13.6 Å². The molecule has 0 atom stereocenters. The van der Waals surface area contributed by atoms with Crippen LogP contribution in [0.3, 0.4) is 0 Å². The minimum Gasteiger partial charge on any atom is -0.477 e. The summed E-state index contributed by atoms with van der Waals surface area (Å²) >= 11 is 4.64. The molecule has 3 N–H and O–H groups in total. The number of carbonyl (C=O) groups excluding carboxylic acids is 1. The van der Waals surface area contributed by atoms with E-state index >= 15 is 0 Å². The molecule has 0 fully saturated rings. The smallest absolute Gasteiger partial charge is 0.416 e. The number of hydrogen-bond donors (Lipinski definition) is 2. The monoisotopic (exact) mass is 761 g/mol. The van der Waals surface area contributed by atoms with Crippen molar-refractivity contribution in [3.63, 3.8) is 0 Å². The number of hydrogen-bond acceptors (Lipinski definition) is 5. The number of fused-ring (bicyclic) bond motifs is 2. The SMILES string of the molecule is CCl.Cc1ccc2nc(C)c(C(=O)CCc3ccc(C(F)(F)F)cc3)n2c1.Cc1ccc2nc(C)c(C(=O)O)n2c1.NCc1ccc(C(F)(F)F)cc1. The summed E-state index contributed by atoms with van der Waals surface area (Å²) in [5, 5.41) is 8.98. The van der Waals surface area contributed by atoms with Crippen molar-refractivity contribution in [3.8, 4) is 0 Å². The van der Waals surface area contributed by atoms with Crippen LogP contribution in [0.2, 0.25) is 0 Å². The number of nitrogens with two attached hydrogens (primary N) is 1. The Bertz CT molecular complexity index is 2160. The van der Waals surface area contributed by atoms with E-state index in [0.29, 0.717) is 45.9 Å². The molecule has 0 saturated carbocycles. The number of aromatic carboxylic acids is 1. The van der Waals surface area contributed by atoms with Crippen LogP contribution >= 0.6 is 11.6 Å². The van der Waals surface area contributed by atoms with E-state index < -0.39 is 29.4 Å². The molecule has 4 aromatic heterocycles. The van der Waals surface area contributed by atoms with Gasteiger partial charge in [0.15, 0.2) is 11.5 Å². The largest absolute Gasteiger partial charge is 0.477 e. The molecule has 0 spiro atoms. The van der Waals surface area contributed by atoms with Crippen LogP contribution in [0.5, 0.6) is 0 Å². The van der Waals surface area contributed by atoms with E-state index in [0.717, 1.165) is 35.4 Å². The third-order valence-corrected chi connectivity index (χ3v) is 7.79. The number of carbonyl (C=O) groups is 2. The van der Waals surface area contributed by atoms with Crippen molar-refractivity contribution in [3.05, 3.63) is 141 Å². The topological polar surface area (TPSA) is 115 Å². The number of aryl methyl sites for hydroxylation is 5. The number of benzene rings is 2. The predicted octanol–water partition coefficient (Wildman–Crippen LogP) is 9.45. The van der Waals surface area contributed by atoms with Gasteiger partial charge >= 0.3 is 18.3 Å². The number of imidazole rings is 2. The first-order chi connectivity index (χ1) is 24.9. The molecule has 6 rings (SSSR count). The average Bonchev–Trinajstić information content (AvgIpc) is 3.62. The maximum atomic E-state index is 12.6. The fourth-order valence-electron chi connectivity index (χ4n) is 5.20. The summed E-state index contributed by atoms with van der Waals surface area (Å²) in [7, 11) is 0. The van der Waals surface area contributed by atoms with Crippen LogP contribution in [-0.2, 0) is 25.3 Å². The molecule has 0 unspecified atom stereocenters. The van der Waals surface area contributed by atoms with Crippen LogP contribution in [0.15, 0.2) is 85.2 Å². The molecule has 0 saturated heterocycles. The molecule has 0 aliphatic rings. The highest BCUT2D eigenvalue weighted by Gasteiger charge is 2.30. The van der Waals surface area contributed by atoms with Gasteiger partial charge in [-0.15, -0.1) is 11.6 Å². The Hall–Kier alpha value is -5.21. The van der Waals surface area contributed by atoms with Gasteiger partial charge in [0, 0.05) is 31.7 Å². The van der Waals surface area contributed by atoms with Crippen molar-refractivity contribution in [2.75, 3.05) is 6.38 Å². The average molecular weight is 762 g/mol. The molecule has 6 aromatic rings. The maximum Gasteiger partial charge on any atom is 0.416 e. The number of rotatable bonds is 6. The fourth-order valence-corrected chi connectivity index (χ4v) is 5.20. The predicted molar refractivity (Wildman–Crippen MR) is 191 cm³/mol. The number of Topliss-reactive ketones (excluding diaryl/α,β-unsaturated/α-hetero) is 1. The molecule has 0 amide bonds. The molecular weight excluding hydrogens is 724 g/mol. The lowest BCUT2D eigenvalue weighted by molar-refractivity contribution is -0.138. The van der Waals surface area contributed by atoms with Crippen LogP contribution in [0.25, 0.3) is 11.3 Å². The molecule has 0 aliphatic heterocycles. The van der Waals surface area contributed by atoms with Gasteiger partial charge < -0.3 is 10.8 Å². The van der Waals surface area contributed by atoms with Gasteiger partial charge in [-0.2, -0.15) is 26.3 Å². The Morgan fingerprint density at radius 2 is 1.06 bits per heavy atom. The van der Waals surface area contributed by atoms with E-state index in [-0.39, 0.29) is 24.4 Å². The molecule has 15 heteroatoms. The molecule has 282 valence electrons. The van der Waals surface area contributed by atoms with E-state index in [1.54, 1.807) is 28.8 Å². The molecule has 8 nitrogen and oxygen atoms in total. The van der Waals surface area contributed by atoms with Crippen molar-refractivity contribution < 1.29 is 41.0 Å². The highest BCUT2D eigenvalue weighted by Crippen LogP contribution is 2.30. The highest BCUT2D eigenvalue weighted by atomic mass is 35.5. The number of halogens is 7. The van der Waals surface area contributed by atoms with Crippen LogP contribution in [-0.4, -0.2) is 42.0 Å². The van der Waals surface area contributed by atoms with Crippen LogP contribution < -0.4 is 5.73 Å². The maximum absolute atomic E-state index is 12.6. The number of carboxylic acid groups (broad SMARTS) is 1. The van der Waals surface area contributed by atoms with Crippen molar-refractivity contribution in [1.82, 2.24) is 18.8 Å². The Labute approximate surface area is 306 Å².